The van der Waals surface area contributed by atoms with Crippen molar-refractivity contribution in [3.05, 3.63) is 0 Å². The molecule has 0 unspecified atom stereocenters. The monoisotopic (exact) mass is 200 g/mol. The minimum absolute atomic E-state index is 0. The van der Waals surface area contributed by atoms with E-state index in [0.29, 0.717) is 0 Å². The average molecular weight is 200 g/mol. The van der Waals surface area contributed by atoms with Crippen LogP contribution in [-0.4, -0.2) is 18.9 Å². The molecule has 5 heavy (non-hydrogen) atoms. The summed E-state index contributed by atoms with van der Waals surface area (Å²) in [4.78, 5) is 0. The maximum absolute atomic E-state index is 9.12. The summed E-state index contributed by atoms with van der Waals surface area (Å²) in [5, 5.41) is 1.25. The number of hydrogen-bond donors (Lipinski definition) is 0. The Hall–Kier alpha value is 1.61. The van der Waals surface area contributed by atoms with Gasteiger partial charge in [0.1, 0.15) is 0 Å². The Kier molecular flexibility index (Phi) is 55.9. The van der Waals surface area contributed by atoms with E-state index in [2.05, 4.69) is 0 Å². The summed E-state index contributed by atoms with van der Waals surface area (Å²) in [5.41, 5.74) is 0. The summed E-state index contributed by atoms with van der Waals surface area (Å²) in [6.07, 6.45) is 0. The molecule has 5 heteroatoms. The topological polar surface area (TPSA) is 9.23 Å². The molecule has 0 saturated carbocycles. The molecule has 0 rings (SSSR count). The van der Waals surface area contributed by atoms with Gasteiger partial charge in [0.25, 0.3) is 0 Å². The van der Waals surface area contributed by atoms with E-state index in [1.54, 1.807) is 0 Å². The van der Waals surface area contributed by atoms with Gasteiger partial charge in [0.05, 0.1) is 0 Å². The van der Waals surface area contributed by atoms with Gasteiger partial charge in [-0.05, 0) is 9.05 Å². The molecule has 0 heterocycles. The van der Waals surface area contributed by atoms with E-state index in [9.17, 15) is 0 Å². The third-order valence-electron chi connectivity index (χ3n) is 0. The van der Waals surface area contributed by atoms with Crippen LogP contribution in [0.3, 0.4) is 0 Å². The molecule has 0 aromatic rings. The standard InChI is InChI=1S/F2O.La.Li/c1-3-2;;. The molecule has 0 aliphatic rings. The van der Waals surface area contributed by atoms with Gasteiger partial charge in [-0.3, -0.25) is 0 Å². The van der Waals surface area contributed by atoms with Crippen molar-refractivity contribution in [1.29, 1.82) is 0 Å². The van der Waals surface area contributed by atoms with E-state index in [0.717, 1.165) is 0 Å². The number of hydrogen-bond acceptors (Lipinski definition) is 1. The first kappa shape index (κ1) is 16.0. The quantitative estimate of drug-likeness (QED) is 0.514. The molecule has 0 bridgehead atoms. The van der Waals surface area contributed by atoms with Crippen LogP contribution in [-0.2, 0) is 5.15 Å². The van der Waals surface area contributed by atoms with E-state index in [1.165, 1.54) is 5.15 Å². The van der Waals surface area contributed by atoms with Crippen molar-refractivity contribution in [2.75, 3.05) is 0 Å². The molecule has 0 aromatic heterocycles. The summed E-state index contributed by atoms with van der Waals surface area (Å²) in [5.74, 6) is 0. The largest absolute Gasteiger partial charge is 0.0209 e. The molecule has 0 aliphatic carbocycles. The summed E-state index contributed by atoms with van der Waals surface area (Å²) < 4.78 is 18.2. The van der Waals surface area contributed by atoms with Gasteiger partial charge in [-0.2, -0.15) is 0 Å². The van der Waals surface area contributed by atoms with Gasteiger partial charge in [0, 0.05) is 59.6 Å². The number of halogens is 2. The molecule has 0 aromatic carbocycles. The molecule has 24 valence electrons. The van der Waals surface area contributed by atoms with Crippen molar-refractivity contribution in [3.8, 4) is 0 Å². The summed E-state index contributed by atoms with van der Waals surface area (Å²) in [6.45, 7) is 0. The predicted octanol–water partition coefficient (Wildman–Crippen LogP) is 0.391. The molecule has 0 amide bonds. The van der Waals surface area contributed by atoms with E-state index in [1.807, 2.05) is 0 Å². The Morgan fingerprint density at radius 2 is 1.20 bits per heavy atom. The van der Waals surface area contributed by atoms with Gasteiger partial charge in [0.15, 0.2) is 0 Å². The van der Waals surface area contributed by atoms with Crippen molar-refractivity contribution < 1.29 is 49.8 Å². The molecule has 1 nitrogen and oxygen atoms in total. The Labute approximate surface area is 68.0 Å². The van der Waals surface area contributed by atoms with Crippen LogP contribution in [0.15, 0.2) is 0 Å². The maximum Gasteiger partial charge on any atom is 0.0209 e. The molecule has 0 N–H and O–H groups in total. The smallest absolute Gasteiger partial charge is 0.0104 e. The summed E-state index contributed by atoms with van der Waals surface area (Å²) >= 11 is 0. The Balaban J connectivity index is -0.0000000200. The molecule has 0 atom stereocenters. The fourth-order valence-corrected chi connectivity index (χ4v) is 0. The van der Waals surface area contributed by atoms with Crippen LogP contribution in [0.1, 0.15) is 0 Å². The van der Waals surface area contributed by atoms with Crippen LogP contribution < -0.4 is 0 Å². The normalized spacial score (nSPS) is 3.60. The van der Waals surface area contributed by atoms with Crippen LogP contribution >= 0.6 is 0 Å². The third kappa shape index (κ3) is 28.2. The van der Waals surface area contributed by atoms with Gasteiger partial charge in [-0.1, -0.05) is 0 Å². The van der Waals surface area contributed by atoms with Crippen LogP contribution in [0.2, 0.25) is 0 Å². The Morgan fingerprint density at radius 1 is 1.20 bits per heavy atom. The fourth-order valence-electron chi connectivity index (χ4n) is 0. The van der Waals surface area contributed by atoms with Crippen molar-refractivity contribution in [3.63, 3.8) is 0 Å². The molecule has 0 aliphatic heterocycles. The average Bonchev–Trinajstić information content (AvgIpc) is 0.918. The van der Waals surface area contributed by atoms with E-state index in [4.69, 9.17) is 9.05 Å². The second-order valence-corrected chi connectivity index (χ2v) is 0.0583. The first-order valence-corrected chi connectivity index (χ1v) is 0.309. The zero-order valence-corrected chi connectivity index (χ0v) is 6.37. The Bertz CT molecular complexity index is 9.61. The molecule has 0 saturated heterocycles. The van der Waals surface area contributed by atoms with E-state index < -0.39 is 0 Å². The molecular weight excluding hydrogens is 200 g/mol. The zero-order chi connectivity index (χ0) is 2.71. The van der Waals surface area contributed by atoms with Crippen molar-refractivity contribution in [2.45, 2.75) is 0 Å². The third-order valence-corrected chi connectivity index (χ3v) is 0. The minimum Gasteiger partial charge on any atom is -0.0104 e. The maximum atomic E-state index is 9.12. The Morgan fingerprint density at radius 3 is 1.20 bits per heavy atom. The van der Waals surface area contributed by atoms with Gasteiger partial charge >= 0.3 is 0 Å². The van der Waals surface area contributed by atoms with Gasteiger partial charge in [0.2, 0.25) is 0 Å². The zero-order valence-electron chi connectivity index (χ0n) is 2.74. The predicted molar refractivity (Wildman–Crippen MR) is 9.05 cm³/mol. The summed E-state index contributed by atoms with van der Waals surface area (Å²) in [6, 6.07) is 0. The van der Waals surface area contributed by atoms with Crippen LogP contribution in [0.5, 0.6) is 0 Å². The molecular formula is F2LaLiO. The van der Waals surface area contributed by atoms with Crippen molar-refractivity contribution in [2.24, 2.45) is 0 Å². The van der Waals surface area contributed by atoms with Crippen LogP contribution in [0, 0.1) is 35.6 Å². The second kappa shape index (κ2) is 17.5. The minimum atomic E-state index is 0. The molecule has 0 spiro atoms. The molecule has 2 radical (unpaired) electrons. The van der Waals surface area contributed by atoms with E-state index >= 15 is 0 Å². The van der Waals surface area contributed by atoms with Crippen molar-refractivity contribution >= 4 is 18.9 Å². The first-order chi connectivity index (χ1) is 1.41. The van der Waals surface area contributed by atoms with Crippen LogP contribution in [0.25, 0.3) is 0 Å². The van der Waals surface area contributed by atoms with E-state index in [-0.39, 0.29) is 54.5 Å². The van der Waals surface area contributed by atoms with Gasteiger partial charge in [-0.15, -0.1) is 0 Å². The fraction of sp³-hybridized carbons (Fsp3) is 0. The van der Waals surface area contributed by atoms with Crippen LogP contribution in [0.4, 0.5) is 9.05 Å². The SMILES string of the molecule is FOF.[La].[Li]. The molecule has 0 fully saturated rings. The van der Waals surface area contributed by atoms with Gasteiger partial charge < -0.3 is 0 Å². The summed E-state index contributed by atoms with van der Waals surface area (Å²) in [7, 11) is 0. The second-order valence-electron chi connectivity index (χ2n) is 0.0583. The van der Waals surface area contributed by atoms with Crippen molar-refractivity contribution in [1.82, 2.24) is 0 Å². The van der Waals surface area contributed by atoms with Gasteiger partial charge in [-0.25, -0.2) is 0 Å². The first-order valence-electron chi connectivity index (χ1n) is 0.309. The number of rotatable bonds is 0.